The second-order valence-corrected chi connectivity index (χ2v) is 7.65. The van der Waals surface area contributed by atoms with Crippen LogP contribution in [-0.2, 0) is 10.0 Å². The van der Waals surface area contributed by atoms with Crippen molar-refractivity contribution >= 4 is 15.7 Å². The van der Waals surface area contributed by atoms with E-state index < -0.39 is 10.0 Å². The normalized spacial score (nSPS) is 23.2. The maximum Gasteiger partial charge on any atom is 0.240 e. The third kappa shape index (κ3) is 4.43. The van der Waals surface area contributed by atoms with E-state index in [0.717, 1.165) is 25.1 Å². The molecular weight excluding hydrogens is 286 g/mol. The molecule has 1 fully saturated rings. The number of anilines is 1. The van der Waals surface area contributed by atoms with E-state index in [0.29, 0.717) is 17.0 Å². The van der Waals surface area contributed by atoms with E-state index in [1.54, 1.807) is 12.1 Å². The Labute approximate surface area is 127 Å². The molecule has 2 unspecified atom stereocenters. The van der Waals surface area contributed by atoms with Gasteiger partial charge in [-0.05, 0) is 64.4 Å². The molecule has 0 bridgehead atoms. The quantitative estimate of drug-likeness (QED) is 0.777. The molecular formula is C15H25N3O2S. The first-order valence-corrected chi connectivity index (χ1v) is 8.99. The number of piperidine rings is 1. The van der Waals surface area contributed by atoms with E-state index in [-0.39, 0.29) is 6.04 Å². The van der Waals surface area contributed by atoms with Crippen LogP contribution < -0.4 is 15.4 Å². The van der Waals surface area contributed by atoms with E-state index in [2.05, 4.69) is 22.3 Å². The first kappa shape index (κ1) is 16.3. The minimum atomic E-state index is -3.41. The highest BCUT2D eigenvalue weighted by Crippen LogP contribution is 2.18. The van der Waals surface area contributed by atoms with Crippen molar-refractivity contribution in [3.63, 3.8) is 0 Å². The lowest BCUT2D eigenvalue weighted by molar-refractivity contribution is 0.389. The molecule has 0 aliphatic carbocycles. The zero-order chi connectivity index (χ0) is 15.5. The Morgan fingerprint density at radius 3 is 2.48 bits per heavy atom. The van der Waals surface area contributed by atoms with Gasteiger partial charge in [0.2, 0.25) is 10.0 Å². The molecule has 0 amide bonds. The van der Waals surface area contributed by atoms with Gasteiger partial charge in [-0.3, -0.25) is 0 Å². The zero-order valence-electron chi connectivity index (χ0n) is 12.9. The first-order chi connectivity index (χ1) is 9.88. The molecule has 0 saturated carbocycles. The average Bonchev–Trinajstić information content (AvgIpc) is 2.40. The molecule has 1 saturated heterocycles. The van der Waals surface area contributed by atoms with Gasteiger partial charge in [-0.1, -0.05) is 0 Å². The van der Waals surface area contributed by atoms with Crippen LogP contribution in [-0.4, -0.2) is 33.1 Å². The SMILES string of the molecule is CC(C)NS(=O)(=O)c1ccc(NC2CCCNC2C)cc1. The van der Waals surface area contributed by atoms with Crippen LogP contribution in [0.3, 0.4) is 0 Å². The van der Waals surface area contributed by atoms with Gasteiger partial charge in [0.05, 0.1) is 4.90 Å². The Bertz CT molecular complexity index is 555. The number of hydrogen-bond acceptors (Lipinski definition) is 4. The largest absolute Gasteiger partial charge is 0.381 e. The van der Waals surface area contributed by atoms with Crippen molar-refractivity contribution < 1.29 is 8.42 Å². The average molecular weight is 311 g/mol. The van der Waals surface area contributed by atoms with E-state index in [4.69, 9.17) is 0 Å². The lowest BCUT2D eigenvalue weighted by atomic mass is 9.99. The molecule has 0 radical (unpaired) electrons. The molecule has 21 heavy (non-hydrogen) atoms. The zero-order valence-corrected chi connectivity index (χ0v) is 13.7. The summed E-state index contributed by atoms with van der Waals surface area (Å²) in [4.78, 5) is 0.302. The molecule has 3 N–H and O–H groups in total. The number of benzene rings is 1. The van der Waals surface area contributed by atoms with Gasteiger partial charge in [0.15, 0.2) is 0 Å². The van der Waals surface area contributed by atoms with Crippen LogP contribution in [0.25, 0.3) is 0 Å². The number of rotatable bonds is 5. The molecule has 0 aromatic heterocycles. The van der Waals surface area contributed by atoms with Crippen LogP contribution in [0.1, 0.15) is 33.6 Å². The summed E-state index contributed by atoms with van der Waals surface area (Å²) in [6, 6.07) is 7.65. The second-order valence-electron chi connectivity index (χ2n) is 5.94. The van der Waals surface area contributed by atoms with Gasteiger partial charge in [-0.2, -0.15) is 0 Å². The van der Waals surface area contributed by atoms with Gasteiger partial charge in [0, 0.05) is 23.8 Å². The number of nitrogens with one attached hydrogen (secondary N) is 3. The summed E-state index contributed by atoms with van der Waals surface area (Å²) in [5.74, 6) is 0. The molecule has 1 aromatic rings. The molecule has 1 aliphatic rings. The fourth-order valence-electron chi connectivity index (χ4n) is 2.56. The van der Waals surface area contributed by atoms with Crippen LogP contribution in [0.5, 0.6) is 0 Å². The van der Waals surface area contributed by atoms with Crippen molar-refractivity contribution in [3.05, 3.63) is 24.3 Å². The smallest absolute Gasteiger partial charge is 0.240 e. The highest BCUT2D eigenvalue weighted by atomic mass is 32.2. The predicted octanol–water partition coefficient (Wildman–Crippen LogP) is 1.93. The molecule has 118 valence electrons. The Morgan fingerprint density at radius 1 is 1.24 bits per heavy atom. The van der Waals surface area contributed by atoms with Gasteiger partial charge in [-0.15, -0.1) is 0 Å². The Morgan fingerprint density at radius 2 is 1.90 bits per heavy atom. The summed E-state index contributed by atoms with van der Waals surface area (Å²) >= 11 is 0. The predicted molar refractivity (Wildman–Crippen MR) is 86.0 cm³/mol. The van der Waals surface area contributed by atoms with Crippen molar-refractivity contribution in [2.75, 3.05) is 11.9 Å². The molecule has 6 heteroatoms. The lowest BCUT2D eigenvalue weighted by Gasteiger charge is -2.31. The summed E-state index contributed by atoms with van der Waals surface area (Å²) in [7, 11) is -3.41. The fraction of sp³-hybridized carbons (Fsp3) is 0.600. The minimum absolute atomic E-state index is 0.109. The second kappa shape index (κ2) is 6.77. The summed E-state index contributed by atoms with van der Waals surface area (Å²) in [5, 5.41) is 6.91. The van der Waals surface area contributed by atoms with E-state index in [9.17, 15) is 8.42 Å². The van der Waals surface area contributed by atoms with E-state index >= 15 is 0 Å². The Kier molecular flexibility index (Phi) is 5.24. The van der Waals surface area contributed by atoms with Crippen molar-refractivity contribution in [1.29, 1.82) is 0 Å². The topological polar surface area (TPSA) is 70.2 Å². The maximum atomic E-state index is 12.1. The van der Waals surface area contributed by atoms with Crippen molar-refractivity contribution in [2.45, 2.75) is 56.6 Å². The molecule has 5 nitrogen and oxygen atoms in total. The number of sulfonamides is 1. The van der Waals surface area contributed by atoms with Crippen LogP contribution in [0.4, 0.5) is 5.69 Å². The molecule has 1 aromatic carbocycles. The Hall–Kier alpha value is -1.11. The lowest BCUT2D eigenvalue weighted by Crippen LogP contribution is -2.46. The van der Waals surface area contributed by atoms with E-state index in [1.165, 1.54) is 0 Å². The van der Waals surface area contributed by atoms with Crippen LogP contribution in [0.15, 0.2) is 29.2 Å². The molecule has 1 aliphatic heterocycles. The first-order valence-electron chi connectivity index (χ1n) is 7.51. The van der Waals surface area contributed by atoms with Crippen LogP contribution >= 0.6 is 0 Å². The van der Waals surface area contributed by atoms with E-state index in [1.807, 2.05) is 26.0 Å². The number of hydrogen-bond donors (Lipinski definition) is 3. The maximum absolute atomic E-state index is 12.1. The summed E-state index contributed by atoms with van der Waals surface area (Å²) in [6.45, 7) is 6.86. The van der Waals surface area contributed by atoms with Crippen molar-refractivity contribution in [2.24, 2.45) is 0 Å². The summed E-state index contributed by atoms with van der Waals surface area (Å²) < 4.78 is 26.7. The van der Waals surface area contributed by atoms with Gasteiger partial charge < -0.3 is 10.6 Å². The highest BCUT2D eigenvalue weighted by Gasteiger charge is 2.20. The monoisotopic (exact) mass is 311 g/mol. The summed E-state index contributed by atoms with van der Waals surface area (Å²) in [5.41, 5.74) is 0.957. The van der Waals surface area contributed by atoms with Gasteiger partial charge >= 0.3 is 0 Å². The van der Waals surface area contributed by atoms with Gasteiger partial charge in [0.1, 0.15) is 0 Å². The van der Waals surface area contributed by atoms with Crippen molar-refractivity contribution in [1.82, 2.24) is 10.0 Å². The standard InChI is InChI=1S/C15H25N3O2S/c1-11(2)18-21(19,20)14-8-6-13(7-9-14)17-15-5-4-10-16-12(15)3/h6-9,11-12,15-18H,4-5,10H2,1-3H3. The van der Waals surface area contributed by atoms with Crippen LogP contribution in [0.2, 0.25) is 0 Å². The van der Waals surface area contributed by atoms with Crippen LogP contribution in [0, 0.1) is 0 Å². The minimum Gasteiger partial charge on any atom is -0.381 e. The Balaban J connectivity index is 2.05. The molecule has 1 heterocycles. The molecule has 0 spiro atoms. The summed E-state index contributed by atoms with van der Waals surface area (Å²) in [6.07, 6.45) is 2.29. The molecule has 2 rings (SSSR count). The molecule has 2 atom stereocenters. The van der Waals surface area contributed by atoms with Gasteiger partial charge in [0.25, 0.3) is 0 Å². The third-order valence-electron chi connectivity index (χ3n) is 3.67. The third-order valence-corrected chi connectivity index (χ3v) is 5.34. The highest BCUT2D eigenvalue weighted by molar-refractivity contribution is 7.89. The van der Waals surface area contributed by atoms with Crippen molar-refractivity contribution in [3.8, 4) is 0 Å². The van der Waals surface area contributed by atoms with Gasteiger partial charge in [-0.25, -0.2) is 13.1 Å². The fourth-order valence-corrected chi connectivity index (χ4v) is 3.81.